The largest absolute Gasteiger partial charge is 0.418 e. The molecular formula is C14H17F3N2O. The highest BCUT2D eigenvalue weighted by atomic mass is 19.4. The summed E-state index contributed by atoms with van der Waals surface area (Å²) in [5, 5.41) is 2.39. The van der Waals surface area contributed by atoms with Gasteiger partial charge in [0, 0.05) is 12.5 Å². The molecule has 20 heavy (non-hydrogen) atoms. The van der Waals surface area contributed by atoms with E-state index in [1.807, 2.05) is 13.8 Å². The molecule has 1 aliphatic carbocycles. The lowest BCUT2D eigenvalue weighted by Crippen LogP contribution is -2.20. The predicted molar refractivity (Wildman–Crippen MR) is 69.9 cm³/mol. The molecule has 0 radical (unpaired) electrons. The first-order valence-electron chi connectivity index (χ1n) is 6.36. The van der Waals surface area contributed by atoms with Crippen molar-refractivity contribution in [3.8, 4) is 0 Å². The summed E-state index contributed by atoms with van der Waals surface area (Å²) in [6.45, 7) is 3.85. The first kappa shape index (κ1) is 14.8. The first-order valence-corrected chi connectivity index (χ1v) is 6.36. The molecule has 1 saturated carbocycles. The summed E-state index contributed by atoms with van der Waals surface area (Å²) >= 11 is 0. The van der Waals surface area contributed by atoms with Crippen LogP contribution >= 0.6 is 0 Å². The van der Waals surface area contributed by atoms with Gasteiger partial charge < -0.3 is 11.1 Å². The van der Waals surface area contributed by atoms with Crippen LogP contribution in [-0.2, 0) is 17.5 Å². The number of anilines is 1. The smallest absolute Gasteiger partial charge is 0.326 e. The normalized spacial score (nSPS) is 20.6. The van der Waals surface area contributed by atoms with Gasteiger partial charge in [-0.2, -0.15) is 13.2 Å². The lowest BCUT2D eigenvalue weighted by molar-refractivity contribution is -0.137. The van der Waals surface area contributed by atoms with Crippen LogP contribution in [0.2, 0.25) is 0 Å². The third-order valence-electron chi connectivity index (χ3n) is 3.71. The summed E-state index contributed by atoms with van der Waals surface area (Å²) in [6, 6.07) is 3.73. The number of hydrogen-bond donors (Lipinski definition) is 2. The lowest BCUT2D eigenvalue weighted by Gasteiger charge is -2.15. The van der Waals surface area contributed by atoms with Crippen molar-refractivity contribution >= 4 is 11.6 Å². The molecule has 1 aliphatic rings. The van der Waals surface area contributed by atoms with Crippen molar-refractivity contribution < 1.29 is 18.0 Å². The highest BCUT2D eigenvalue weighted by Gasteiger charge is 2.50. The topological polar surface area (TPSA) is 55.1 Å². The Bertz CT molecular complexity index is 538. The van der Waals surface area contributed by atoms with Crippen molar-refractivity contribution in [2.24, 2.45) is 17.1 Å². The Labute approximate surface area is 115 Å². The number of benzene rings is 1. The van der Waals surface area contributed by atoms with Crippen LogP contribution in [0.25, 0.3) is 0 Å². The van der Waals surface area contributed by atoms with Crippen LogP contribution < -0.4 is 11.1 Å². The molecule has 3 nitrogen and oxygen atoms in total. The number of nitrogens with two attached hydrogens (primary N) is 1. The van der Waals surface area contributed by atoms with E-state index >= 15 is 0 Å². The van der Waals surface area contributed by atoms with Crippen LogP contribution in [0.5, 0.6) is 0 Å². The van der Waals surface area contributed by atoms with Gasteiger partial charge in [0.1, 0.15) is 0 Å². The summed E-state index contributed by atoms with van der Waals surface area (Å²) in [5.74, 6) is -0.584. The maximum absolute atomic E-state index is 13.0. The van der Waals surface area contributed by atoms with E-state index in [0.29, 0.717) is 12.0 Å². The molecule has 1 atom stereocenters. The summed E-state index contributed by atoms with van der Waals surface area (Å²) in [4.78, 5) is 11.9. The number of nitrogens with one attached hydrogen (secondary N) is 1. The zero-order valence-electron chi connectivity index (χ0n) is 11.3. The van der Waals surface area contributed by atoms with E-state index in [1.165, 1.54) is 12.1 Å². The molecule has 2 rings (SSSR count). The van der Waals surface area contributed by atoms with Crippen LogP contribution in [0.1, 0.15) is 31.4 Å². The summed E-state index contributed by atoms with van der Waals surface area (Å²) in [6.07, 6.45) is -3.83. The van der Waals surface area contributed by atoms with Crippen molar-refractivity contribution in [3.63, 3.8) is 0 Å². The first-order chi connectivity index (χ1) is 9.15. The number of carbonyl (C=O) groups is 1. The van der Waals surface area contributed by atoms with Gasteiger partial charge in [0.2, 0.25) is 5.91 Å². The third kappa shape index (κ3) is 2.95. The van der Waals surface area contributed by atoms with Crippen LogP contribution in [0.4, 0.5) is 18.9 Å². The average molecular weight is 286 g/mol. The second-order valence-electron chi connectivity index (χ2n) is 5.82. The Kier molecular flexibility index (Phi) is 3.54. The number of alkyl halides is 3. The highest BCUT2D eigenvalue weighted by molar-refractivity contribution is 5.95. The monoisotopic (exact) mass is 286 g/mol. The lowest BCUT2D eigenvalue weighted by atomic mass is 10.1. The fraction of sp³-hybridized carbons (Fsp3) is 0.500. The second kappa shape index (κ2) is 4.77. The van der Waals surface area contributed by atoms with E-state index in [9.17, 15) is 18.0 Å². The van der Waals surface area contributed by atoms with E-state index in [-0.39, 0.29) is 29.5 Å². The van der Waals surface area contributed by atoms with Crippen LogP contribution in [0.15, 0.2) is 18.2 Å². The molecule has 1 fully saturated rings. The van der Waals surface area contributed by atoms with Crippen LogP contribution in [0, 0.1) is 11.3 Å². The maximum Gasteiger partial charge on any atom is 0.418 e. The van der Waals surface area contributed by atoms with Crippen LogP contribution in [0.3, 0.4) is 0 Å². The van der Waals surface area contributed by atoms with E-state index < -0.39 is 11.7 Å². The molecule has 6 heteroatoms. The summed E-state index contributed by atoms with van der Waals surface area (Å²) in [7, 11) is 0. The van der Waals surface area contributed by atoms with Crippen molar-refractivity contribution in [1.29, 1.82) is 0 Å². The van der Waals surface area contributed by atoms with E-state index in [2.05, 4.69) is 5.32 Å². The highest BCUT2D eigenvalue weighted by Crippen LogP contribution is 2.52. The van der Waals surface area contributed by atoms with Crippen molar-refractivity contribution in [3.05, 3.63) is 29.3 Å². The van der Waals surface area contributed by atoms with Gasteiger partial charge in [0.25, 0.3) is 0 Å². The van der Waals surface area contributed by atoms with Gasteiger partial charge in [0.05, 0.1) is 11.3 Å². The van der Waals surface area contributed by atoms with E-state index in [4.69, 9.17) is 5.73 Å². The van der Waals surface area contributed by atoms with Crippen molar-refractivity contribution in [1.82, 2.24) is 0 Å². The Morgan fingerprint density at radius 1 is 1.45 bits per heavy atom. The van der Waals surface area contributed by atoms with Gasteiger partial charge in [-0.3, -0.25) is 4.79 Å². The zero-order chi connectivity index (χ0) is 15.1. The molecule has 0 saturated heterocycles. The van der Waals surface area contributed by atoms with Gasteiger partial charge in [-0.1, -0.05) is 19.9 Å². The molecule has 1 aromatic carbocycles. The predicted octanol–water partition coefficient (Wildman–Crippen LogP) is 3.15. The van der Waals surface area contributed by atoms with Crippen molar-refractivity contribution in [2.75, 3.05) is 5.32 Å². The molecule has 0 aliphatic heterocycles. The molecule has 0 heterocycles. The average Bonchev–Trinajstić information content (AvgIpc) is 2.98. The maximum atomic E-state index is 13.0. The fourth-order valence-corrected chi connectivity index (χ4v) is 2.20. The van der Waals surface area contributed by atoms with Gasteiger partial charge in [-0.25, -0.2) is 0 Å². The summed E-state index contributed by atoms with van der Waals surface area (Å²) in [5.41, 5.74) is 4.54. The van der Waals surface area contributed by atoms with Gasteiger partial charge in [0.15, 0.2) is 0 Å². The fourth-order valence-electron chi connectivity index (χ4n) is 2.20. The molecule has 0 bridgehead atoms. The molecule has 3 N–H and O–H groups in total. The van der Waals surface area contributed by atoms with Crippen molar-refractivity contribution in [2.45, 2.75) is 33.0 Å². The quantitative estimate of drug-likeness (QED) is 0.896. The number of rotatable bonds is 3. The van der Waals surface area contributed by atoms with E-state index in [0.717, 1.165) is 6.07 Å². The molecule has 110 valence electrons. The second-order valence-corrected chi connectivity index (χ2v) is 5.82. The number of hydrogen-bond acceptors (Lipinski definition) is 2. The molecule has 0 aromatic heterocycles. The molecule has 1 unspecified atom stereocenters. The number of amides is 1. The SMILES string of the molecule is CC1(C)CC1C(=O)Nc1ccc(CN)cc1C(F)(F)F. The van der Waals surface area contributed by atoms with Gasteiger partial charge in [-0.05, 0) is 29.5 Å². The molecule has 0 spiro atoms. The minimum atomic E-state index is -4.52. The minimum Gasteiger partial charge on any atom is -0.326 e. The molecular weight excluding hydrogens is 269 g/mol. The van der Waals surface area contributed by atoms with Crippen LogP contribution in [-0.4, -0.2) is 5.91 Å². The summed E-state index contributed by atoms with van der Waals surface area (Å²) < 4.78 is 39.0. The molecule has 1 amide bonds. The Morgan fingerprint density at radius 2 is 2.05 bits per heavy atom. The minimum absolute atomic E-state index is 0.0208. The van der Waals surface area contributed by atoms with E-state index in [1.54, 1.807) is 0 Å². The number of carbonyl (C=O) groups excluding carboxylic acids is 1. The van der Waals surface area contributed by atoms with Gasteiger partial charge in [-0.15, -0.1) is 0 Å². The molecule has 1 aromatic rings. The third-order valence-corrected chi connectivity index (χ3v) is 3.71. The van der Waals surface area contributed by atoms with Gasteiger partial charge >= 0.3 is 6.18 Å². The standard InChI is InChI=1S/C14H17F3N2O/c1-13(2)6-10(13)12(20)19-11-4-3-8(7-18)5-9(11)14(15,16)17/h3-5,10H,6-7,18H2,1-2H3,(H,19,20). The Hall–Kier alpha value is -1.56. The Balaban J connectivity index is 2.25. The number of halogens is 3. The zero-order valence-corrected chi connectivity index (χ0v) is 11.3. The Morgan fingerprint density at radius 3 is 2.50 bits per heavy atom.